The zero-order valence-electron chi connectivity index (χ0n) is 11.2. The van der Waals surface area contributed by atoms with Crippen molar-refractivity contribution in [1.29, 1.82) is 0 Å². The Morgan fingerprint density at radius 1 is 0.889 bits per heavy atom. The summed E-state index contributed by atoms with van der Waals surface area (Å²) in [5.41, 5.74) is 2.88. The van der Waals surface area contributed by atoms with Gasteiger partial charge < -0.3 is 10.2 Å². The quantitative estimate of drug-likeness (QED) is 0.856. The summed E-state index contributed by atoms with van der Waals surface area (Å²) in [7, 11) is 0. The molecule has 1 aromatic rings. The molecule has 1 atom stereocenters. The monoisotopic (exact) mass is 244 g/mol. The largest absolute Gasteiger partial charge is 0.372 e. The summed E-state index contributed by atoms with van der Waals surface area (Å²) in [6.45, 7) is 3.65. The molecular weight excluding hydrogens is 220 g/mol. The first-order chi connectivity index (χ1) is 8.93. The molecule has 0 bridgehead atoms. The molecule has 0 spiro atoms. The van der Waals surface area contributed by atoms with Crippen LogP contribution in [0.1, 0.15) is 50.1 Å². The van der Waals surface area contributed by atoms with Crippen LogP contribution in [-0.2, 0) is 0 Å². The van der Waals surface area contributed by atoms with E-state index in [0.717, 1.165) is 0 Å². The van der Waals surface area contributed by atoms with Crippen LogP contribution < -0.4 is 10.2 Å². The molecule has 2 heterocycles. The molecule has 2 nitrogen and oxygen atoms in total. The van der Waals surface area contributed by atoms with Crippen molar-refractivity contribution in [3.05, 3.63) is 29.8 Å². The van der Waals surface area contributed by atoms with Crippen LogP contribution in [0.5, 0.6) is 0 Å². The molecule has 2 fully saturated rings. The van der Waals surface area contributed by atoms with Crippen molar-refractivity contribution in [3.63, 3.8) is 0 Å². The van der Waals surface area contributed by atoms with Crippen molar-refractivity contribution >= 4 is 5.69 Å². The van der Waals surface area contributed by atoms with E-state index in [-0.39, 0.29) is 0 Å². The molecule has 0 aliphatic carbocycles. The van der Waals surface area contributed by atoms with Crippen molar-refractivity contribution in [2.75, 3.05) is 24.5 Å². The highest BCUT2D eigenvalue weighted by Crippen LogP contribution is 2.26. The summed E-state index contributed by atoms with van der Waals surface area (Å²) in [5, 5.41) is 3.62. The van der Waals surface area contributed by atoms with Crippen LogP contribution in [0, 0.1) is 0 Å². The molecule has 0 aromatic heterocycles. The molecule has 0 radical (unpaired) electrons. The second-order valence-corrected chi connectivity index (χ2v) is 5.64. The Bertz CT molecular complexity index is 322. The molecule has 0 saturated carbocycles. The summed E-state index contributed by atoms with van der Waals surface area (Å²) >= 11 is 0. The molecule has 1 N–H and O–H groups in total. The average molecular weight is 244 g/mol. The Hall–Kier alpha value is -1.02. The number of piperidine rings is 2. The van der Waals surface area contributed by atoms with Gasteiger partial charge in [0.1, 0.15) is 0 Å². The smallest absolute Gasteiger partial charge is 0.0366 e. The number of benzene rings is 1. The molecule has 98 valence electrons. The van der Waals surface area contributed by atoms with E-state index in [2.05, 4.69) is 34.5 Å². The Balaban J connectivity index is 1.67. The SMILES string of the molecule is c1cc(N2CCCCC2)ccc1[C@@H]1CCCCN1. The fourth-order valence-electron chi connectivity index (χ4n) is 3.21. The van der Waals surface area contributed by atoms with Gasteiger partial charge in [0, 0.05) is 24.8 Å². The highest BCUT2D eigenvalue weighted by Gasteiger charge is 2.15. The van der Waals surface area contributed by atoms with Gasteiger partial charge in [-0.1, -0.05) is 18.6 Å². The molecule has 2 saturated heterocycles. The van der Waals surface area contributed by atoms with E-state index in [9.17, 15) is 0 Å². The van der Waals surface area contributed by atoms with Gasteiger partial charge in [0.2, 0.25) is 0 Å². The second-order valence-electron chi connectivity index (χ2n) is 5.64. The number of hydrogen-bond donors (Lipinski definition) is 1. The molecule has 2 aliphatic heterocycles. The van der Waals surface area contributed by atoms with E-state index in [1.807, 2.05) is 0 Å². The lowest BCUT2D eigenvalue weighted by Crippen LogP contribution is -2.29. The van der Waals surface area contributed by atoms with Gasteiger partial charge in [-0.15, -0.1) is 0 Å². The number of nitrogens with one attached hydrogen (secondary N) is 1. The number of anilines is 1. The number of rotatable bonds is 2. The molecule has 3 rings (SSSR count). The van der Waals surface area contributed by atoms with Gasteiger partial charge in [-0.25, -0.2) is 0 Å². The Morgan fingerprint density at radius 3 is 2.33 bits per heavy atom. The molecule has 18 heavy (non-hydrogen) atoms. The van der Waals surface area contributed by atoms with Gasteiger partial charge in [-0.3, -0.25) is 0 Å². The van der Waals surface area contributed by atoms with Crippen molar-refractivity contribution < 1.29 is 0 Å². The molecule has 1 aromatic carbocycles. The Kier molecular flexibility index (Phi) is 3.84. The minimum atomic E-state index is 0.592. The molecule has 2 heteroatoms. The lowest BCUT2D eigenvalue weighted by molar-refractivity contribution is 0.412. The van der Waals surface area contributed by atoms with E-state index in [1.54, 1.807) is 0 Å². The van der Waals surface area contributed by atoms with Gasteiger partial charge in [-0.05, 0) is 56.3 Å². The van der Waals surface area contributed by atoms with Crippen LogP contribution in [0.4, 0.5) is 5.69 Å². The number of hydrogen-bond acceptors (Lipinski definition) is 2. The summed E-state index contributed by atoms with van der Waals surface area (Å²) in [4.78, 5) is 2.53. The fraction of sp³-hybridized carbons (Fsp3) is 0.625. The van der Waals surface area contributed by atoms with Gasteiger partial charge in [0.05, 0.1) is 0 Å². The maximum absolute atomic E-state index is 3.62. The lowest BCUT2D eigenvalue weighted by Gasteiger charge is -2.29. The van der Waals surface area contributed by atoms with Crippen molar-refractivity contribution in [2.45, 2.75) is 44.6 Å². The van der Waals surface area contributed by atoms with Crippen molar-refractivity contribution in [2.24, 2.45) is 0 Å². The van der Waals surface area contributed by atoms with Crippen LogP contribution in [0.3, 0.4) is 0 Å². The summed E-state index contributed by atoms with van der Waals surface area (Å²) in [6, 6.07) is 9.88. The molecular formula is C16H24N2. The third kappa shape index (κ3) is 2.69. The van der Waals surface area contributed by atoms with Gasteiger partial charge in [0.15, 0.2) is 0 Å². The van der Waals surface area contributed by atoms with E-state index in [1.165, 1.54) is 69.4 Å². The Labute approximate surface area is 110 Å². The highest BCUT2D eigenvalue weighted by atomic mass is 15.1. The predicted molar refractivity (Wildman–Crippen MR) is 77.1 cm³/mol. The minimum absolute atomic E-state index is 0.592. The third-order valence-electron chi connectivity index (χ3n) is 4.33. The summed E-state index contributed by atoms with van der Waals surface area (Å²) in [5.74, 6) is 0. The first kappa shape index (κ1) is 12.0. The maximum atomic E-state index is 3.62. The van der Waals surface area contributed by atoms with Gasteiger partial charge in [-0.2, -0.15) is 0 Å². The van der Waals surface area contributed by atoms with E-state index in [0.29, 0.717) is 6.04 Å². The van der Waals surface area contributed by atoms with Gasteiger partial charge >= 0.3 is 0 Å². The van der Waals surface area contributed by atoms with Crippen molar-refractivity contribution in [1.82, 2.24) is 5.32 Å². The normalized spacial score (nSPS) is 25.1. The van der Waals surface area contributed by atoms with Crippen LogP contribution >= 0.6 is 0 Å². The van der Waals surface area contributed by atoms with Crippen molar-refractivity contribution in [3.8, 4) is 0 Å². The Morgan fingerprint density at radius 2 is 1.67 bits per heavy atom. The van der Waals surface area contributed by atoms with Crippen LogP contribution in [0.25, 0.3) is 0 Å². The maximum Gasteiger partial charge on any atom is 0.0366 e. The molecule has 0 amide bonds. The first-order valence-electron chi connectivity index (χ1n) is 7.52. The molecule has 0 unspecified atom stereocenters. The second kappa shape index (κ2) is 5.75. The first-order valence-corrected chi connectivity index (χ1v) is 7.52. The summed E-state index contributed by atoms with van der Waals surface area (Å²) in [6.07, 6.45) is 8.11. The van der Waals surface area contributed by atoms with E-state index >= 15 is 0 Å². The zero-order chi connectivity index (χ0) is 12.2. The van der Waals surface area contributed by atoms with Gasteiger partial charge in [0.25, 0.3) is 0 Å². The number of nitrogens with zero attached hydrogens (tertiary/aromatic N) is 1. The standard InChI is InChI=1S/C16H24N2/c1-4-12-18(13-5-1)15-9-7-14(8-10-15)16-6-2-3-11-17-16/h7-10,16-17H,1-6,11-13H2/t16-/m0/s1. The van der Waals surface area contributed by atoms with Crippen LogP contribution in [0.15, 0.2) is 24.3 Å². The zero-order valence-corrected chi connectivity index (χ0v) is 11.2. The predicted octanol–water partition coefficient (Wildman–Crippen LogP) is 3.49. The third-order valence-corrected chi connectivity index (χ3v) is 4.33. The van der Waals surface area contributed by atoms with Crippen LogP contribution in [0.2, 0.25) is 0 Å². The lowest BCUT2D eigenvalue weighted by atomic mass is 9.97. The highest BCUT2D eigenvalue weighted by molar-refractivity contribution is 5.48. The minimum Gasteiger partial charge on any atom is -0.372 e. The fourth-order valence-corrected chi connectivity index (χ4v) is 3.21. The average Bonchev–Trinajstić information content (AvgIpc) is 2.49. The van der Waals surface area contributed by atoms with Crippen LogP contribution in [-0.4, -0.2) is 19.6 Å². The topological polar surface area (TPSA) is 15.3 Å². The van der Waals surface area contributed by atoms with E-state index in [4.69, 9.17) is 0 Å². The van der Waals surface area contributed by atoms with E-state index < -0.39 is 0 Å². The summed E-state index contributed by atoms with van der Waals surface area (Å²) < 4.78 is 0. The molecule has 2 aliphatic rings.